The molecule has 0 bridgehead atoms. The lowest BCUT2D eigenvalue weighted by molar-refractivity contribution is -0.125. The van der Waals surface area contributed by atoms with E-state index in [0.717, 1.165) is 43.7 Å². The van der Waals surface area contributed by atoms with Crippen LogP contribution in [0.5, 0.6) is 11.5 Å². The summed E-state index contributed by atoms with van der Waals surface area (Å²) in [4.78, 5) is 12.5. The number of hydrogen-bond donors (Lipinski definition) is 1. The van der Waals surface area contributed by atoms with Gasteiger partial charge in [0.15, 0.2) is 11.5 Å². The second-order valence-corrected chi connectivity index (χ2v) is 7.14. The molecule has 0 unspecified atom stereocenters. The average molecular weight is 331 g/mol. The van der Waals surface area contributed by atoms with E-state index >= 15 is 0 Å². The maximum absolute atomic E-state index is 12.5. The van der Waals surface area contributed by atoms with Crippen molar-refractivity contribution in [1.29, 1.82) is 0 Å². The first-order valence-electron chi connectivity index (χ1n) is 9.36. The SMILES string of the molecule is CCC(CC)C(=O)NCC1(c2ccc3c(c2)OCO3)CCCCC1. The molecule has 0 radical (unpaired) electrons. The minimum absolute atomic E-state index is 0.0287. The molecule has 2 aliphatic rings. The van der Waals surface area contributed by atoms with E-state index in [-0.39, 0.29) is 17.2 Å². The van der Waals surface area contributed by atoms with Gasteiger partial charge in [-0.05, 0) is 43.4 Å². The van der Waals surface area contributed by atoms with Crippen LogP contribution in [0.3, 0.4) is 0 Å². The third kappa shape index (κ3) is 3.38. The van der Waals surface area contributed by atoms with E-state index in [2.05, 4.69) is 31.3 Å². The van der Waals surface area contributed by atoms with Crippen molar-refractivity contribution in [3.8, 4) is 11.5 Å². The molecule has 0 aromatic heterocycles. The highest BCUT2D eigenvalue weighted by atomic mass is 16.7. The lowest BCUT2D eigenvalue weighted by Gasteiger charge is -2.38. The highest BCUT2D eigenvalue weighted by Crippen LogP contribution is 2.43. The summed E-state index contributed by atoms with van der Waals surface area (Å²) >= 11 is 0. The molecule has 4 nitrogen and oxygen atoms in total. The van der Waals surface area contributed by atoms with Crippen LogP contribution in [-0.4, -0.2) is 19.2 Å². The number of nitrogens with one attached hydrogen (secondary N) is 1. The number of amides is 1. The van der Waals surface area contributed by atoms with Crippen molar-refractivity contribution in [2.75, 3.05) is 13.3 Å². The average Bonchev–Trinajstić information content (AvgIpc) is 3.09. The molecular formula is C20H29NO3. The number of carbonyl (C=O) groups excluding carboxylic acids is 1. The zero-order valence-corrected chi connectivity index (χ0v) is 14.9. The van der Waals surface area contributed by atoms with Crippen molar-refractivity contribution in [3.63, 3.8) is 0 Å². The summed E-state index contributed by atoms with van der Waals surface area (Å²) < 4.78 is 11.0. The molecule has 4 heteroatoms. The van der Waals surface area contributed by atoms with Crippen LogP contribution in [0.4, 0.5) is 0 Å². The van der Waals surface area contributed by atoms with E-state index in [1.54, 1.807) is 0 Å². The fourth-order valence-electron chi connectivity index (χ4n) is 4.08. The molecule has 132 valence electrons. The number of carbonyl (C=O) groups is 1. The molecule has 1 saturated carbocycles. The lowest BCUT2D eigenvalue weighted by Crippen LogP contribution is -2.44. The summed E-state index contributed by atoms with van der Waals surface area (Å²) in [6.07, 6.45) is 7.77. The van der Waals surface area contributed by atoms with Gasteiger partial charge >= 0.3 is 0 Å². The Hall–Kier alpha value is -1.71. The highest BCUT2D eigenvalue weighted by molar-refractivity contribution is 5.78. The van der Waals surface area contributed by atoms with Crippen LogP contribution in [0, 0.1) is 5.92 Å². The molecular weight excluding hydrogens is 302 g/mol. The van der Waals surface area contributed by atoms with Crippen LogP contribution >= 0.6 is 0 Å². The van der Waals surface area contributed by atoms with Gasteiger partial charge in [-0.15, -0.1) is 0 Å². The first kappa shape index (κ1) is 17.1. The second-order valence-electron chi connectivity index (χ2n) is 7.14. The van der Waals surface area contributed by atoms with Crippen molar-refractivity contribution in [1.82, 2.24) is 5.32 Å². The van der Waals surface area contributed by atoms with Gasteiger partial charge in [0.2, 0.25) is 12.7 Å². The van der Waals surface area contributed by atoms with Crippen LogP contribution in [0.25, 0.3) is 0 Å². The number of fused-ring (bicyclic) bond motifs is 1. The molecule has 1 heterocycles. The molecule has 3 rings (SSSR count). The van der Waals surface area contributed by atoms with Gasteiger partial charge in [0.25, 0.3) is 0 Å². The predicted octanol–water partition coefficient (Wildman–Crippen LogP) is 4.17. The molecule has 1 aromatic carbocycles. The molecule has 1 aromatic rings. The largest absolute Gasteiger partial charge is 0.454 e. The Labute approximate surface area is 144 Å². The fourth-order valence-corrected chi connectivity index (χ4v) is 4.08. The molecule has 1 aliphatic carbocycles. The maximum atomic E-state index is 12.5. The number of hydrogen-bond acceptors (Lipinski definition) is 3. The van der Waals surface area contributed by atoms with Crippen molar-refractivity contribution < 1.29 is 14.3 Å². The Kier molecular flexibility index (Phi) is 5.32. The maximum Gasteiger partial charge on any atom is 0.231 e. The van der Waals surface area contributed by atoms with Gasteiger partial charge in [0.05, 0.1) is 0 Å². The summed E-state index contributed by atoms with van der Waals surface area (Å²) in [6.45, 7) is 5.20. The zero-order valence-electron chi connectivity index (χ0n) is 14.9. The minimum Gasteiger partial charge on any atom is -0.454 e. The molecule has 0 atom stereocenters. The van der Waals surface area contributed by atoms with Crippen molar-refractivity contribution >= 4 is 5.91 Å². The van der Waals surface area contributed by atoms with Crippen molar-refractivity contribution in [3.05, 3.63) is 23.8 Å². The molecule has 1 aliphatic heterocycles. The monoisotopic (exact) mass is 331 g/mol. The van der Waals surface area contributed by atoms with Crippen LogP contribution in [0.2, 0.25) is 0 Å². The number of benzene rings is 1. The van der Waals surface area contributed by atoms with E-state index in [0.29, 0.717) is 6.79 Å². The smallest absolute Gasteiger partial charge is 0.231 e. The van der Waals surface area contributed by atoms with Crippen molar-refractivity contribution in [2.45, 2.75) is 64.2 Å². The quantitative estimate of drug-likeness (QED) is 0.851. The highest BCUT2D eigenvalue weighted by Gasteiger charge is 2.35. The third-order valence-electron chi connectivity index (χ3n) is 5.75. The van der Waals surface area contributed by atoms with Gasteiger partial charge in [0, 0.05) is 17.9 Å². The molecule has 1 fully saturated rings. The Morgan fingerprint density at radius 1 is 1.12 bits per heavy atom. The Bertz CT molecular complexity index is 574. The minimum atomic E-state index is 0.0287. The van der Waals surface area contributed by atoms with Crippen LogP contribution in [0.1, 0.15) is 64.4 Å². The summed E-state index contributed by atoms with van der Waals surface area (Å²) in [5, 5.41) is 3.25. The van der Waals surface area contributed by atoms with Crippen molar-refractivity contribution in [2.24, 2.45) is 5.92 Å². The Morgan fingerprint density at radius 2 is 1.83 bits per heavy atom. The normalized spacial score (nSPS) is 18.6. The standard InChI is InChI=1S/C20H29NO3/c1-3-15(4-2)19(22)21-13-20(10-6-5-7-11-20)16-8-9-17-18(12-16)24-14-23-17/h8-9,12,15H,3-7,10-11,13-14H2,1-2H3,(H,21,22). The first-order chi connectivity index (χ1) is 11.7. The van der Waals surface area contributed by atoms with Gasteiger partial charge < -0.3 is 14.8 Å². The van der Waals surface area contributed by atoms with Crippen LogP contribution in [0.15, 0.2) is 18.2 Å². The van der Waals surface area contributed by atoms with E-state index in [9.17, 15) is 4.79 Å². The van der Waals surface area contributed by atoms with Gasteiger partial charge in [-0.1, -0.05) is 39.2 Å². The Morgan fingerprint density at radius 3 is 2.54 bits per heavy atom. The van der Waals surface area contributed by atoms with Gasteiger partial charge in [-0.3, -0.25) is 4.79 Å². The predicted molar refractivity (Wildman–Crippen MR) is 94.4 cm³/mol. The second kappa shape index (κ2) is 7.45. The fraction of sp³-hybridized carbons (Fsp3) is 0.650. The summed E-state index contributed by atoms with van der Waals surface area (Å²) in [6, 6.07) is 6.29. The topological polar surface area (TPSA) is 47.6 Å². The van der Waals surface area contributed by atoms with E-state index < -0.39 is 0 Å². The molecule has 24 heavy (non-hydrogen) atoms. The van der Waals surface area contributed by atoms with E-state index in [1.807, 2.05) is 6.07 Å². The first-order valence-corrected chi connectivity index (χ1v) is 9.36. The summed E-state index contributed by atoms with van der Waals surface area (Å²) in [5.74, 6) is 1.99. The molecule has 1 amide bonds. The number of ether oxygens (including phenoxy) is 2. The van der Waals surface area contributed by atoms with Gasteiger partial charge in [-0.25, -0.2) is 0 Å². The lowest BCUT2D eigenvalue weighted by atomic mass is 9.69. The van der Waals surface area contributed by atoms with Crippen LogP contribution < -0.4 is 14.8 Å². The summed E-state index contributed by atoms with van der Waals surface area (Å²) in [5.41, 5.74) is 1.30. The third-order valence-corrected chi connectivity index (χ3v) is 5.75. The van der Waals surface area contributed by atoms with Gasteiger partial charge in [-0.2, -0.15) is 0 Å². The molecule has 0 spiro atoms. The van der Waals surface area contributed by atoms with E-state index in [1.165, 1.54) is 24.8 Å². The molecule has 1 N–H and O–H groups in total. The Balaban J connectivity index is 1.79. The number of rotatable bonds is 6. The summed E-state index contributed by atoms with van der Waals surface area (Å²) in [7, 11) is 0. The zero-order chi connectivity index (χ0) is 17.0. The van der Waals surface area contributed by atoms with Crippen LogP contribution in [-0.2, 0) is 10.2 Å². The van der Waals surface area contributed by atoms with Gasteiger partial charge in [0.1, 0.15) is 0 Å². The van der Waals surface area contributed by atoms with E-state index in [4.69, 9.17) is 9.47 Å². The molecule has 0 saturated heterocycles.